The van der Waals surface area contributed by atoms with Gasteiger partial charge < -0.3 is 9.47 Å². The lowest BCUT2D eigenvalue weighted by Gasteiger charge is -2.18. The first kappa shape index (κ1) is 20.3. The molecule has 150 valence electrons. The van der Waals surface area contributed by atoms with Gasteiger partial charge in [0.15, 0.2) is 0 Å². The number of carbonyl (C=O) groups excluding carboxylic acids is 2. The predicted octanol–water partition coefficient (Wildman–Crippen LogP) is 4.49. The molecule has 0 fully saturated rings. The number of hydrogen-bond donors (Lipinski definition) is 0. The van der Waals surface area contributed by atoms with Gasteiger partial charge in [-0.25, -0.2) is 9.18 Å². The molecule has 0 aromatic heterocycles. The summed E-state index contributed by atoms with van der Waals surface area (Å²) in [5.74, 6) is -0.835. The summed E-state index contributed by atoms with van der Waals surface area (Å²) in [5.41, 5.74) is 1.46. The van der Waals surface area contributed by atoms with Gasteiger partial charge in [0.2, 0.25) is 0 Å². The number of halogens is 1. The molecule has 0 radical (unpaired) electrons. The van der Waals surface area contributed by atoms with E-state index in [2.05, 4.69) is 0 Å². The van der Waals surface area contributed by atoms with E-state index in [0.717, 1.165) is 0 Å². The Balaban J connectivity index is 2.08. The van der Waals surface area contributed by atoms with Gasteiger partial charge in [0.25, 0.3) is 5.91 Å². The minimum atomic E-state index is -0.616. The normalized spacial score (nSPS) is 15.2. The van der Waals surface area contributed by atoms with Crippen LogP contribution in [-0.2, 0) is 14.3 Å². The fourth-order valence-corrected chi connectivity index (χ4v) is 3.20. The molecular weight excluding hydrogens is 373 g/mol. The first-order valence-corrected chi connectivity index (χ1v) is 9.39. The van der Waals surface area contributed by atoms with E-state index in [-0.39, 0.29) is 23.3 Å². The molecule has 0 N–H and O–H groups in total. The lowest BCUT2D eigenvalue weighted by Crippen LogP contribution is -2.24. The number of anilines is 1. The first-order chi connectivity index (χ1) is 14.0. The van der Waals surface area contributed by atoms with Crippen LogP contribution in [-0.4, -0.2) is 25.1 Å². The number of benzene rings is 2. The lowest BCUT2D eigenvalue weighted by atomic mass is 10.0. The Bertz CT molecular complexity index is 992. The van der Waals surface area contributed by atoms with Crippen molar-refractivity contribution >= 4 is 23.6 Å². The molecule has 0 atom stereocenters. The number of allylic oxidation sites excluding steroid dienone is 1. The van der Waals surface area contributed by atoms with Crippen molar-refractivity contribution in [1.29, 1.82) is 0 Å². The summed E-state index contributed by atoms with van der Waals surface area (Å²) in [6.07, 6.45) is 1.39. The molecule has 1 amide bonds. The van der Waals surface area contributed by atoms with Crippen LogP contribution in [0.1, 0.15) is 26.3 Å². The average Bonchev–Trinajstić information content (AvgIpc) is 2.95. The third-order valence-corrected chi connectivity index (χ3v) is 4.49. The van der Waals surface area contributed by atoms with Gasteiger partial charge in [-0.2, -0.15) is 0 Å². The van der Waals surface area contributed by atoms with Crippen LogP contribution in [0.15, 0.2) is 65.4 Å². The topological polar surface area (TPSA) is 55.8 Å². The molecule has 3 rings (SSSR count). The number of rotatable bonds is 6. The van der Waals surface area contributed by atoms with E-state index < -0.39 is 17.7 Å². The van der Waals surface area contributed by atoms with Gasteiger partial charge in [-0.1, -0.05) is 18.2 Å². The van der Waals surface area contributed by atoms with E-state index in [1.54, 1.807) is 56.3 Å². The average molecular weight is 395 g/mol. The summed E-state index contributed by atoms with van der Waals surface area (Å²) >= 11 is 0. The highest BCUT2D eigenvalue weighted by molar-refractivity contribution is 6.23. The maximum absolute atomic E-state index is 14.2. The molecule has 0 unspecified atom stereocenters. The second kappa shape index (κ2) is 8.73. The van der Waals surface area contributed by atoms with Crippen LogP contribution in [0.2, 0.25) is 0 Å². The number of carbonyl (C=O) groups is 2. The van der Waals surface area contributed by atoms with E-state index in [4.69, 9.17) is 9.47 Å². The Morgan fingerprint density at radius 1 is 1.07 bits per heavy atom. The first-order valence-electron chi connectivity index (χ1n) is 9.39. The zero-order chi connectivity index (χ0) is 21.0. The zero-order valence-corrected chi connectivity index (χ0v) is 16.6. The highest BCUT2D eigenvalue weighted by atomic mass is 19.1. The van der Waals surface area contributed by atoms with Gasteiger partial charge in [-0.15, -0.1) is 0 Å². The lowest BCUT2D eigenvalue weighted by molar-refractivity contribution is -0.138. The summed E-state index contributed by atoms with van der Waals surface area (Å²) in [6.45, 7) is 5.94. The minimum Gasteiger partial charge on any atom is -0.494 e. The van der Waals surface area contributed by atoms with Gasteiger partial charge in [0.1, 0.15) is 11.6 Å². The van der Waals surface area contributed by atoms with Crippen molar-refractivity contribution in [1.82, 2.24) is 0 Å². The molecule has 0 spiro atoms. The van der Waals surface area contributed by atoms with Crippen LogP contribution >= 0.6 is 0 Å². The fourth-order valence-electron chi connectivity index (χ4n) is 3.20. The van der Waals surface area contributed by atoms with Crippen molar-refractivity contribution in [2.45, 2.75) is 20.8 Å². The van der Waals surface area contributed by atoms with Gasteiger partial charge in [0.05, 0.1) is 24.4 Å². The third kappa shape index (κ3) is 4.06. The van der Waals surface area contributed by atoms with E-state index in [1.165, 1.54) is 17.0 Å². The zero-order valence-electron chi connectivity index (χ0n) is 16.6. The highest BCUT2D eigenvalue weighted by Crippen LogP contribution is 2.36. The van der Waals surface area contributed by atoms with E-state index in [1.807, 2.05) is 6.92 Å². The van der Waals surface area contributed by atoms with Crippen molar-refractivity contribution in [3.05, 3.63) is 76.8 Å². The number of amides is 1. The van der Waals surface area contributed by atoms with Crippen molar-refractivity contribution in [2.24, 2.45) is 0 Å². The number of hydrogen-bond acceptors (Lipinski definition) is 4. The van der Waals surface area contributed by atoms with Gasteiger partial charge in [-0.05, 0) is 57.2 Å². The quantitative estimate of drug-likeness (QED) is 0.534. The molecule has 6 heteroatoms. The Morgan fingerprint density at radius 2 is 1.76 bits per heavy atom. The molecule has 2 aromatic rings. The van der Waals surface area contributed by atoms with Gasteiger partial charge in [-0.3, -0.25) is 9.69 Å². The maximum Gasteiger partial charge on any atom is 0.340 e. The molecule has 0 saturated carbocycles. The molecule has 2 aromatic carbocycles. The second-order valence-electron chi connectivity index (χ2n) is 6.33. The van der Waals surface area contributed by atoms with Crippen LogP contribution < -0.4 is 9.64 Å². The smallest absolute Gasteiger partial charge is 0.340 e. The monoisotopic (exact) mass is 395 g/mol. The molecule has 1 aliphatic heterocycles. The summed E-state index contributed by atoms with van der Waals surface area (Å²) in [4.78, 5) is 27.2. The van der Waals surface area contributed by atoms with Crippen molar-refractivity contribution in [3.63, 3.8) is 0 Å². The molecule has 29 heavy (non-hydrogen) atoms. The SMILES string of the molecule is CCOC(=O)C1=C(C)N(c2ccc(OCC)cc2)C(=O)C1=Cc1ccccc1F. The number of nitrogens with zero attached hydrogens (tertiary/aromatic N) is 1. The molecule has 0 aliphatic carbocycles. The highest BCUT2D eigenvalue weighted by Gasteiger charge is 2.38. The Labute approximate surface area is 169 Å². The number of ether oxygens (including phenoxy) is 2. The second-order valence-corrected chi connectivity index (χ2v) is 6.33. The fraction of sp³-hybridized carbons (Fsp3) is 0.217. The third-order valence-electron chi connectivity index (χ3n) is 4.49. The van der Waals surface area contributed by atoms with E-state index in [0.29, 0.717) is 23.7 Å². The van der Waals surface area contributed by atoms with Crippen LogP contribution in [0.5, 0.6) is 5.75 Å². The van der Waals surface area contributed by atoms with Crippen LogP contribution in [0, 0.1) is 5.82 Å². The van der Waals surface area contributed by atoms with Crippen LogP contribution in [0.4, 0.5) is 10.1 Å². The van der Waals surface area contributed by atoms with Crippen molar-refractivity contribution < 1.29 is 23.5 Å². The van der Waals surface area contributed by atoms with E-state index in [9.17, 15) is 14.0 Å². The van der Waals surface area contributed by atoms with Crippen molar-refractivity contribution in [3.8, 4) is 5.75 Å². The number of esters is 1. The van der Waals surface area contributed by atoms with Crippen LogP contribution in [0.25, 0.3) is 6.08 Å². The Morgan fingerprint density at radius 3 is 2.38 bits per heavy atom. The van der Waals surface area contributed by atoms with E-state index >= 15 is 0 Å². The predicted molar refractivity (Wildman–Crippen MR) is 109 cm³/mol. The maximum atomic E-state index is 14.2. The molecule has 1 heterocycles. The molecular formula is C23H22FNO4. The molecule has 0 bridgehead atoms. The van der Waals surface area contributed by atoms with Gasteiger partial charge >= 0.3 is 5.97 Å². The Kier molecular flexibility index (Phi) is 6.12. The molecule has 1 aliphatic rings. The summed E-state index contributed by atoms with van der Waals surface area (Å²) in [7, 11) is 0. The Hall–Kier alpha value is -3.41. The largest absolute Gasteiger partial charge is 0.494 e. The standard InChI is InChI=1S/C23H22FNO4/c1-4-28-18-12-10-17(11-13-18)25-15(3)21(23(27)29-5-2)19(22(25)26)14-16-8-6-7-9-20(16)24/h6-14H,4-5H2,1-3H3. The van der Waals surface area contributed by atoms with Crippen molar-refractivity contribution in [2.75, 3.05) is 18.1 Å². The van der Waals surface area contributed by atoms with Gasteiger partial charge in [0, 0.05) is 16.9 Å². The van der Waals surface area contributed by atoms with Crippen LogP contribution in [0.3, 0.4) is 0 Å². The molecule has 5 nitrogen and oxygen atoms in total. The summed E-state index contributed by atoms with van der Waals surface area (Å²) in [6, 6.07) is 13.1. The minimum absolute atomic E-state index is 0.0972. The summed E-state index contributed by atoms with van der Waals surface area (Å²) < 4.78 is 24.8. The molecule has 0 saturated heterocycles. The summed E-state index contributed by atoms with van der Waals surface area (Å²) in [5, 5.41) is 0.